The van der Waals surface area contributed by atoms with Crippen molar-refractivity contribution < 1.29 is 4.79 Å². The summed E-state index contributed by atoms with van der Waals surface area (Å²) in [6, 6.07) is 19.0. The maximum Gasteiger partial charge on any atom is 0.230 e. The molecule has 0 fully saturated rings. The highest BCUT2D eigenvalue weighted by Crippen LogP contribution is 2.26. The normalized spacial score (nSPS) is 10.8. The minimum atomic E-state index is -0.158. The molecule has 4 rings (SSSR count). The number of halogens is 1. The first kappa shape index (κ1) is 18.0. The first-order chi connectivity index (χ1) is 13.6. The molecule has 4 aromatic rings. The van der Waals surface area contributed by atoms with E-state index in [4.69, 9.17) is 16.7 Å². The molecule has 140 valence electrons. The summed E-state index contributed by atoms with van der Waals surface area (Å²) in [6.45, 7) is 1.88. The maximum atomic E-state index is 12.6. The molecule has 0 spiro atoms. The Hall–Kier alpha value is -3.38. The highest BCUT2D eigenvalue weighted by Gasteiger charge is 2.16. The van der Waals surface area contributed by atoms with Gasteiger partial charge in [0.25, 0.3) is 0 Å². The van der Waals surface area contributed by atoms with Crippen LogP contribution in [0, 0.1) is 6.92 Å². The lowest BCUT2D eigenvalue weighted by Crippen LogP contribution is -2.14. The van der Waals surface area contributed by atoms with E-state index in [0.717, 1.165) is 28.2 Å². The van der Waals surface area contributed by atoms with Crippen molar-refractivity contribution in [2.24, 2.45) is 0 Å². The number of nitrogens with zero attached hydrogens (tertiary/aromatic N) is 3. The van der Waals surface area contributed by atoms with Gasteiger partial charge in [0, 0.05) is 34.1 Å². The monoisotopic (exact) mass is 391 g/mol. The summed E-state index contributed by atoms with van der Waals surface area (Å²) in [7, 11) is 0. The molecule has 0 aliphatic carbocycles. The molecular weight excluding hydrogens is 374 g/mol. The van der Waals surface area contributed by atoms with Crippen LogP contribution in [0.25, 0.3) is 16.9 Å². The van der Waals surface area contributed by atoms with Crippen LogP contribution in [-0.2, 0) is 11.2 Å². The molecule has 0 saturated heterocycles. The third-order valence-corrected chi connectivity index (χ3v) is 4.50. The van der Waals surface area contributed by atoms with Gasteiger partial charge in [-0.3, -0.25) is 9.89 Å². The summed E-state index contributed by atoms with van der Waals surface area (Å²) in [5.41, 5.74) is 4.27. The second kappa shape index (κ2) is 7.70. The average molecular weight is 392 g/mol. The molecule has 0 radical (unpaired) electrons. The Bertz CT molecular complexity index is 1100. The fourth-order valence-electron chi connectivity index (χ4n) is 2.94. The van der Waals surface area contributed by atoms with Crippen molar-refractivity contribution >= 4 is 23.3 Å². The summed E-state index contributed by atoms with van der Waals surface area (Å²) in [6.07, 6.45) is 2.06. The zero-order chi connectivity index (χ0) is 19.5. The number of aryl methyl sites for hydroxylation is 1. The van der Waals surface area contributed by atoms with Crippen molar-refractivity contribution in [2.45, 2.75) is 13.3 Å². The molecule has 0 bridgehead atoms. The zero-order valence-electron chi connectivity index (χ0n) is 15.2. The number of carbonyl (C=O) groups excluding carboxylic acids is 1. The zero-order valence-corrected chi connectivity index (χ0v) is 15.9. The van der Waals surface area contributed by atoms with Crippen molar-refractivity contribution in [3.05, 3.63) is 83.1 Å². The van der Waals surface area contributed by atoms with Crippen LogP contribution in [0.5, 0.6) is 0 Å². The summed E-state index contributed by atoms with van der Waals surface area (Å²) < 4.78 is 1.78. The second-order valence-corrected chi connectivity index (χ2v) is 6.89. The van der Waals surface area contributed by atoms with Crippen molar-refractivity contribution in [2.75, 3.05) is 5.32 Å². The van der Waals surface area contributed by atoms with Gasteiger partial charge in [-0.15, -0.1) is 0 Å². The Morgan fingerprint density at radius 1 is 1.14 bits per heavy atom. The summed E-state index contributed by atoms with van der Waals surface area (Å²) >= 11 is 6.02. The predicted molar refractivity (Wildman–Crippen MR) is 110 cm³/mol. The number of hydrogen-bond acceptors (Lipinski definition) is 3. The van der Waals surface area contributed by atoms with E-state index in [0.29, 0.717) is 10.8 Å². The summed E-state index contributed by atoms with van der Waals surface area (Å²) in [5, 5.41) is 15.0. The van der Waals surface area contributed by atoms with Crippen LogP contribution >= 0.6 is 11.6 Å². The minimum absolute atomic E-state index is 0.158. The minimum Gasteiger partial charge on any atom is -0.309 e. The van der Waals surface area contributed by atoms with E-state index < -0.39 is 0 Å². The van der Waals surface area contributed by atoms with E-state index in [1.807, 2.05) is 67.7 Å². The topological polar surface area (TPSA) is 75.6 Å². The fourth-order valence-corrected chi connectivity index (χ4v) is 3.07. The lowest BCUT2D eigenvalue weighted by atomic mass is 10.1. The predicted octanol–water partition coefficient (Wildman–Crippen LogP) is 4.41. The van der Waals surface area contributed by atoms with Gasteiger partial charge in [0.2, 0.25) is 5.91 Å². The summed E-state index contributed by atoms with van der Waals surface area (Å²) in [4.78, 5) is 12.6. The molecule has 0 saturated carbocycles. The summed E-state index contributed by atoms with van der Waals surface area (Å²) in [5.74, 6) is 0.348. The number of rotatable bonds is 5. The number of aromatic amines is 1. The molecule has 0 atom stereocenters. The van der Waals surface area contributed by atoms with Crippen LogP contribution < -0.4 is 5.32 Å². The third kappa shape index (κ3) is 3.97. The third-order valence-electron chi connectivity index (χ3n) is 4.25. The molecule has 0 aliphatic heterocycles. The number of carbonyl (C=O) groups is 1. The fraction of sp³-hybridized carbons (Fsp3) is 0.0952. The quantitative estimate of drug-likeness (QED) is 0.529. The lowest BCUT2D eigenvalue weighted by molar-refractivity contribution is -0.115. The van der Waals surface area contributed by atoms with Gasteiger partial charge in [-0.1, -0.05) is 41.9 Å². The SMILES string of the molecule is Cc1cc(NC(=O)Cc2cn(-c3ccccc3)nc2-c2ccc(Cl)cc2)n[nH]1. The van der Waals surface area contributed by atoms with Gasteiger partial charge < -0.3 is 5.32 Å². The van der Waals surface area contributed by atoms with E-state index in [-0.39, 0.29) is 12.3 Å². The van der Waals surface area contributed by atoms with Gasteiger partial charge in [0.1, 0.15) is 0 Å². The number of para-hydroxylation sites is 1. The van der Waals surface area contributed by atoms with Gasteiger partial charge in [-0.05, 0) is 31.2 Å². The van der Waals surface area contributed by atoms with Crippen molar-refractivity contribution in [3.8, 4) is 16.9 Å². The molecule has 2 aromatic heterocycles. The van der Waals surface area contributed by atoms with Gasteiger partial charge in [0.05, 0.1) is 17.8 Å². The first-order valence-corrected chi connectivity index (χ1v) is 9.18. The molecule has 0 aliphatic rings. The van der Waals surface area contributed by atoms with E-state index >= 15 is 0 Å². The van der Waals surface area contributed by atoms with Crippen LogP contribution in [0.15, 0.2) is 66.9 Å². The molecule has 0 unspecified atom stereocenters. The molecule has 2 N–H and O–H groups in total. The molecule has 1 amide bonds. The van der Waals surface area contributed by atoms with E-state index in [2.05, 4.69) is 15.5 Å². The number of aromatic nitrogens is 4. The van der Waals surface area contributed by atoms with Crippen molar-refractivity contribution in [1.29, 1.82) is 0 Å². The van der Waals surface area contributed by atoms with Crippen LogP contribution in [0.4, 0.5) is 5.82 Å². The van der Waals surface area contributed by atoms with Gasteiger partial charge >= 0.3 is 0 Å². The molecule has 7 heteroatoms. The Morgan fingerprint density at radius 3 is 2.57 bits per heavy atom. The average Bonchev–Trinajstić information content (AvgIpc) is 3.29. The van der Waals surface area contributed by atoms with E-state index in [1.165, 1.54) is 0 Å². The second-order valence-electron chi connectivity index (χ2n) is 6.45. The number of hydrogen-bond donors (Lipinski definition) is 2. The number of nitrogens with one attached hydrogen (secondary N) is 2. The smallest absolute Gasteiger partial charge is 0.230 e. The largest absolute Gasteiger partial charge is 0.309 e. The van der Waals surface area contributed by atoms with Crippen LogP contribution in [0.2, 0.25) is 5.02 Å². The van der Waals surface area contributed by atoms with Gasteiger partial charge in [-0.2, -0.15) is 10.2 Å². The molecule has 2 heterocycles. The highest BCUT2D eigenvalue weighted by molar-refractivity contribution is 6.30. The maximum absolute atomic E-state index is 12.6. The number of anilines is 1. The van der Waals surface area contributed by atoms with E-state index in [9.17, 15) is 4.79 Å². The van der Waals surface area contributed by atoms with E-state index in [1.54, 1.807) is 10.7 Å². The van der Waals surface area contributed by atoms with Crippen molar-refractivity contribution in [3.63, 3.8) is 0 Å². The van der Waals surface area contributed by atoms with Gasteiger partial charge in [-0.25, -0.2) is 4.68 Å². The molecule has 28 heavy (non-hydrogen) atoms. The molecule has 6 nitrogen and oxygen atoms in total. The highest BCUT2D eigenvalue weighted by atomic mass is 35.5. The number of benzene rings is 2. The standard InChI is InChI=1S/C21H18ClN5O/c1-14-11-19(25-24-14)23-20(28)12-16-13-27(18-5-3-2-4-6-18)26-21(16)15-7-9-17(22)10-8-15/h2-11,13H,12H2,1H3,(H2,23,24,25,28). The Labute approximate surface area is 167 Å². The Balaban J connectivity index is 1.66. The van der Waals surface area contributed by atoms with Crippen molar-refractivity contribution in [1.82, 2.24) is 20.0 Å². The van der Waals surface area contributed by atoms with Crippen LogP contribution in [0.3, 0.4) is 0 Å². The van der Waals surface area contributed by atoms with Crippen LogP contribution in [0.1, 0.15) is 11.3 Å². The van der Waals surface area contributed by atoms with Gasteiger partial charge in [0.15, 0.2) is 5.82 Å². The Morgan fingerprint density at radius 2 is 1.89 bits per heavy atom. The first-order valence-electron chi connectivity index (χ1n) is 8.80. The Kier molecular flexibility index (Phi) is 4.95. The lowest BCUT2D eigenvalue weighted by Gasteiger charge is -2.03. The number of amides is 1. The number of H-pyrrole nitrogens is 1. The molecular formula is C21H18ClN5O. The molecule has 2 aromatic carbocycles. The van der Waals surface area contributed by atoms with Crippen LogP contribution in [-0.4, -0.2) is 25.9 Å².